The van der Waals surface area contributed by atoms with Crippen LogP contribution >= 0.6 is 11.6 Å². The average molecular weight is 242 g/mol. The first kappa shape index (κ1) is 11.3. The smallest absolute Gasteiger partial charge is 0.0489 e. The summed E-state index contributed by atoms with van der Waals surface area (Å²) in [5.74, 6) is 3.89. The summed E-state index contributed by atoms with van der Waals surface area (Å²) in [6.45, 7) is 6.07. The minimum Gasteiger partial charge on any atom is -0.302 e. The SMILES string of the molecule is CC1CCN(CC2CC3CCC2C3)CC1Cl. The molecule has 2 heteroatoms. The van der Waals surface area contributed by atoms with E-state index in [9.17, 15) is 0 Å². The van der Waals surface area contributed by atoms with E-state index in [1.54, 1.807) is 6.42 Å². The van der Waals surface area contributed by atoms with Crippen LogP contribution in [0.1, 0.15) is 39.0 Å². The summed E-state index contributed by atoms with van der Waals surface area (Å²) in [6, 6.07) is 0. The number of piperidine rings is 1. The predicted octanol–water partition coefficient (Wildman–Crippen LogP) is 3.37. The molecule has 1 saturated heterocycles. The van der Waals surface area contributed by atoms with Crippen molar-refractivity contribution in [1.82, 2.24) is 4.90 Å². The molecule has 0 aromatic heterocycles. The van der Waals surface area contributed by atoms with Gasteiger partial charge in [0.1, 0.15) is 0 Å². The van der Waals surface area contributed by atoms with E-state index in [-0.39, 0.29) is 0 Å². The Morgan fingerprint density at radius 2 is 2.06 bits per heavy atom. The Balaban J connectivity index is 1.52. The van der Waals surface area contributed by atoms with Crippen molar-refractivity contribution in [3.63, 3.8) is 0 Å². The lowest BCUT2D eigenvalue weighted by Crippen LogP contribution is -2.43. The van der Waals surface area contributed by atoms with Crippen LogP contribution in [-0.4, -0.2) is 29.9 Å². The lowest BCUT2D eigenvalue weighted by molar-refractivity contribution is 0.147. The molecule has 3 fully saturated rings. The Kier molecular flexibility index (Phi) is 3.19. The van der Waals surface area contributed by atoms with E-state index < -0.39 is 0 Å². The molecule has 0 aromatic rings. The van der Waals surface area contributed by atoms with Gasteiger partial charge < -0.3 is 4.90 Å². The van der Waals surface area contributed by atoms with Crippen LogP contribution in [-0.2, 0) is 0 Å². The summed E-state index contributed by atoms with van der Waals surface area (Å²) in [4.78, 5) is 2.64. The molecule has 2 saturated carbocycles. The molecule has 0 aromatic carbocycles. The largest absolute Gasteiger partial charge is 0.302 e. The molecule has 5 atom stereocenters. The maximum absolute atomic E-state index is 6.38. The second kappa shape index (κ2) is 4.49. The number of nitrogens with zero attached hydrogens (tertiary/aromatic N) is 1. The van der Waals surface area contributed by atoms with Gasteiger partial charge in [-0.05, 0) is 55.9 Å². The molecule has 0 amide bonds. The third-order valence-electron chi connectivity index (χ3n) is 5.33. The van der Waals surface area contributed by atoms with Crippen molar-refractivity contribution in [3.05, 3.63) is 0 Å². The number of rotatable bonds is 2. The fourth-order valence-electron chi connectivity index (χ4n) is 4.18. The fourth-order valence-corrected chi connectivity index (χ4v) is 4.50. The molecule has 0 spiro atoms. The van der Waals surface area contributed by atoms with Gasteiger partial charge in [0, 0.05) is 18.5 Å². The van der Waals surface area contributed by atoms with Gasteiger partial charge in [0.15, 0.2) is 0 Å². The Hall–Kier alpha value is 0.250. The van der Waals surface area contributed by atoms with Crippen LogP contribution in [0.2, 0.25) is 0 Å². The fraction of sp³-hybridized carbons (Fsp3) is 1.00. The van der Waals surface area contributed by atoms with Gasteiger partial charge in [0.05, 0.1) is 0 Å². The van der Waals surface area contributed by atoms with Crippen LogP contribution in [0.25, 0.3) is 0 Å². The van der Waals surface area contributed by atoms with Gasteiger partial charge in [-0.3, -0.25) is 0 Å². The van der Waals surface area contributed by atoms with Gasteiger partial charge in [0.2, 0.25) is 0 Å². The Morgan fingerprint density at radius 1 is 1.19 bits per heavy atom. The van der Waals surface area contributed by atoms with Crippen LogP contribution in [0, 0.1) is 23.7 Å². The quantitative estimate of drug-likeness (QED) is 0.670. The van der Waals surface area contributed by atoms with Crippen molar-refractivity contribution in [2.75, 3.05) is 19.6 Å². The van der Waals surface area contributed by atoms with Gasteiger partial charge >= 0.3 is 0 Å². The van der Waals surface area contributed by atoms with Gasteiger partial charge in [-0.1, -0.05) is 13.3 Å². The zero-order chi connectivity index (χ0) is 11.1. The van der Waals surface area contributed by atoms with E-state index in [1.165, 1.54) is 38.8 Å². The third kappa shape index (κ3) is 2.13. The maximum atomic E-state index is 6.38. The number of likely N-dealkylation sites (tertiary alicyclic amines) is 1. The third-order valence-corrected chi connectivity index (χ3v) is 5.90. The first-order valence-electron chi connectivity index (χ1n) is 7.09. The van der Waals surface area contributed by atoms with Crippen molar-refractivity contribution in [3.8, 4) is 0 Å². The highest BCUT2D eigenvalue weighted by Crippen LogP contribution is 2.48. The number of fused-ring (bicyclic) bond motifs is 2. The van der Waals surface area contributed by atoms with Crippen molar-refractivity contribution < 1.29 is 0 Å². The molecule has 3 rings (SSSR count). The van der Waals surface area contributed by atoms with Gasteiger partial charge in [0.25, 0.3) is 0 Å². The molecule has 16 heavy (non-hydrogen) atoms. The van der Waals surface area contributed by atoms with Crippen molar-refractivity contribution in [2.24, 2.45) is 23.7 Å². The summed E-state index contributed by atoms with van der Waals surface area (Å²) >= 11 is 6.38. The van der Waals surface area contributed by atoms with Crippen LogP contribution in [0.15, 0.2) is 0 Å². The molecule has 5 unspecified atom stereocenters. The summed E-state index contributed by atoms with van der Waals surface area (Å²) in [5, 5.41) is 0.396. The zero-order valence-corrected chi connectivity index (χ0v) is 11.1. The minimum atomic E-state index is 0.396. The number of alkyl halides is 1. The molecule has 3 aliphatic rings. The summed E-state index contributed by atoms with van der Waals surface area (Å²) < 4.78 is 0. The van der Waals surface area contributed by atoms with E-state index in [4.69, 9.17) is 11.6 Å². The molecule has 2 aliphatic carbocycles. The predicted molar refractivity (Wildman–Crippen MR) is 68.8 cm³/mol. The second-order valence-electron chi connectivity index (χ2n) is 6.48. The van der Waals surface area contributed by atoms with E-state index in [2.05, 4.69) is 11.8 Å². The molecule has 0 radical (unpaired) electrons. The molecule has 0 N–H and O–H groups in total. The Labute approximate surface area is 105 Å². The van der Waals surface area contributed by atoms with E-state index >= 15 is 0 Å². The minimum absolute atomic E-state index is 0.396. The van der Waals surface area contributed by atoms with E-state index in [1.807, 2.05) is 0 Å². The molecule has 1 nitrogen and oxygen atoms in total. The van der Waals surface area contributed by atoms with Crippen LogP contribution < -0.4 is 0 Å². The van der Waals surface area contributed by atoms with Crippen LogP contribution in [0.4, 0.5) is 0 Å². The second-order valence-corrected chi connectivity index (χ2v) is 7.04. The molecular weight excluding hydrogens is 218 g/mol. The van der Waals surface area contributed by atoms with E-state index in [0.29, 0.717) is 5.38 Å². The normalized spacial score (nSPS) is 48.8. The Bertz CT molecular complexity index is 255. The summed E-state index contributed by atoms with van der Waals surface area (Å²) in [7, 11) is 0. The first-order chi connectivity index (χ1) is 7.72. The molecule has 1 aliphatic heterocycles. The molecule has 2 bridgehead atoms. The topological polar surface area (TPSA) is 3.24 Å². The van der Waals surface area contributed by atoms with Crippen molar-refractivity contribution in [1.29, 1.82) is 0 Å². The molecule has 1 heterocycles. The molecular formula is C14H24ClN. The Morgan fingerprint density at radius 3 is 2.69 bits per heavy atom. The monoisotopic (exact) mass is 241 g/mol. The molecule has 92 valence electrons. The zero-order valence-electron chi connectivity index (χ0n) is 10.4. The number of hydrogen-bond acceptors (Lipinski definition) is 1. The maximum Gasteiger partial charge on any atom is 0.0489 e. The lowest BCUT2D eigenvalue weighted by Gasteiger charge is -2.37. The van der Waals surface area contributed by atoms with Gasteiger partial charge in [-0.25, -0.2) is 0 Å². The highest BCUT2D eigenvalue weighted by Gasteiger charge is 2.40. The summed E-state index contributed by atoms with van der Waals surface area (Å²) in [5.41, 5.74) is 0. The van der Waals surface area contributed by atoms with Gasteiger partial charge in [-0.15, -0.1) is 11.6 Å². The lowest BCUT2D eigenvalue weighted by atomic mass is 9.87. The van der Waals surface area contributed by atoms with Crippen LogP contribution in [0.5, 0.6) is 0 Å². The van der Waals surface area contributed by atoms with Gasteiger partial charge in [-0.2, -0.15) is 0 Å². The standard InChI is InChI=1S/C14H24ClN/c1-10-4-5-16(9-14(10)15)8-13-7-11-2-3-12(13)6-11/h10-14H,2-9H2,1H3. The van der Waals surface area contributed by atoms with Crippen LogP contribution in [0.3, 0.4) is 0 Å². The van der Waals surface area contributed by atoms with Crippen molar-refractivity contribution >= 4 is 11.6 Å². The highest BCUT2D eigenvalue weighted by molar-refractivity contribution is 6.21. The highest BCUT2D eigenvalue weighted by atomic mass is 35.5. The van der Waals surface area contributed by atoms with Crippen molar-refractivity contribution in [2.45, 2.75) is 44.4 Å². The number of hydrogen-bond donors (Lipinski definition) is 0. The first-order valence-corrected chi connectivity index (χ1v) is 7.52. The van der Waals surface area contributed by atoms with E-state index in [0.717, 1.165) is 30.2 Å². The summed E-state index contributed by atoms with van der Waals surface area (Å²) in [6.07, 6.45) is 7.40. The average Bonchev–Trinajstić information content (AvgIpc) is 2.85. The number of halogens is 1.